The summed E-state index contributed by atoms with van der Waals surface area (Å²) in [4.78, 5) is 69.7. The highest BCUT2D eigenvalue weighted by Gasteiger charge is 2.28. The van der Waals surface area contributed by atoms with E-state index in [9.17, 15) is 28.8 Å². The summed E-state index contributed by atoms with van der Waals surface area (Å²) in [6, 6.07) is -4.89. The molecule has 4 unspecified atom stereocenters. The Bertz CT molecular complexity index is 716. The Morgan fingerprint density at radius 1 is 0.727 bits per heavy atom. The highest BCUT2D eigenvalue weighted by Crippen LogP contribution is 2.04. The van der Waals surface area contributed by atoms with Crippen molar-refractivity contribution in [3.05, 3.63) is 0 Å². The maximum Gasteiger partial charge on any atom is 0.326 e. The van der Waals surface area contributed by atoms with E-state index in [0.717, 1.165) is 0 Å². The van der Waals surface area contributed by atoms with Crippen LogP contribution >= 0.6 is 0 Å². The SMILES string of the molecule is CC(NC(=O)C(CCCCN)NC(=O)C(N)CCC(=O)O)C(=O)NC(CCC(=O)O)C(=O)O. The predicted molar refractivity (Wildman–Crippen MR) is 114 cm³/mol. The summed E-state index contributed by atoms with van der Waals surface area (Å²) in [5, 5.41) is 33.5. The van der Waals surface area contributed by atoms with E-state index in [-0.39, 0.29) is 25.7 Å². The number of carboxylic acids is 3. The summed E-state index contributed by atoms with van der Waals surface area (Å²) >= 11 is 0. The Labute approximate surface area is 190 Å². The standard InChI is InChI=1S/C19H33N5O9/c1-10(16(29)24-13(19(32)33)6-8-15(27)28)22-18(31)12(4-2-3-9-20)23-17(30)11(21)5-7-14(25)26/h10-13H,2-9,20-21H2,1H3,(H,22,31)(H,23,30)(H,24,29)(H,25,26)(H,27,28)(H,32,33). The van der Waals surface area contributed by atoms with Crippen molar-refractivity contribution in [1.29, 1.82) is 0 Å². The molecule has 0 radical (unpaired) electrons. The van der Waals surface area contributed by atoms with Crippen LogP contribution in [0.5, 0.6) is 0 Å². The van der Waals surface area contributed by atoms with Gasteiger partial charge >= 0.3 is 17.9 Å². The zero-order valence-corrected chi connectivity index (χ0v) is 18.4. The van der Waals surface area contributed by atoms with Crippen LogP contribution in [0, 0.1) is 0 Å². The number of aliphatic carboxylic acids is 3. The lowest BCUT2D eigenvalue weighted by atomic mass is 10.1. The van der Waals surface area contributed by atoms with Gasteiger partial charge in [-0.2, -0.15) is 0 Å². The molecule has 4 atom stereocenters. The molecule has 0 aromatic rings. The quantitative estimate of drug-likeness (QED) is 0.104. The summed E-state index contributed by atoms with van der Waals surface area (Å²) in [7, 11) is 0. The summed E-state index contributed by atoms with van der Waals surface area (Å²) in [6.07, 6.45) is -0.0865. The summed E-state index contributed by atoms with van der Waals surface area (Å²) in [6.45, 7) is 1.65. The van der Waals surface area contributed by atoms with Crippen LogP contribution in [0.1, 0.15) is 51.9 Å². The van der Waals surface area contributed by atoms with Crippen molar-refractivity contribution in [2.24, 2.45) is 11.5 Å². The average molecular weight is 475 g/mol. The van der Waals surface area contributed by atoms with Crippen LogP contribution in [0.25, 0.3) is 0 Å². The van der Waals surface area contributed by atoms with Gasteiger partial charge in [0.05, 0.1) is 6.04 Å². The minimum absolute atomic E-state index is 0.135. The van der Waals surface area contributed by atoms with Crippen molar-refractivity contribution >= 4 is 35.6 Å². The molecule has 0 saturated carbocycles. The van der Waals surface area contributed by atoms with Crippen molar-refractivity contribution in [2.45, 2.75) is 76.0 Å². The number of amides is 3. The molecular weight excluding hydrogens is 442 g/mol. The molecule has 14 nitrogen and oxygen atoms in total. The Kier molecular flexibility index (Phi) is 14.0. The van der Waals surface area contributed by atoms with Gasteiger partial charge in [0, 0.05) is 12.8 Å². The first kappa shape index (κ1) is 29.7. The second kappa shape index (κ2) is 15.5. The molecule has 0 saturated heterocycles. The van der Waals surface area contributed by atoms with E-state index >= 15 is 0 Å². The Morgan fingerprint density at radius 3 is 1.79 bits per heavy atom. The van der Waals surface area contributed by atoms with Gasteiger partial charge in [-0.1, -0.05) is 0 Å². The highest BCUT2D eigenvalue weighted by molar-refractivity contribution is 5.94. The molecule has 14 heteroatoms. The number of carbonyl (C=O) groups excluding carboxylic acids is 3. The van der Waals surface area contributed by atoms with Crippen molar-refractivity contribution in [1.82, 2.24) is 16.0 Å². The predicted octanol–water partition coefficient (Wildman–Crippen LogP) is -2.27. The van der Waals surface area contributed by atoms with Crippen LogP contribution < -0.4 is 27.4 Å². The number of nitrogens with two attached hydrogens (primary N) is 2. The topological polar surface area (TPSA) is 251 Å². The van der Waals surface area contributed by atoms with Gasteiger partial charge in [-0.3, -0.25) is 24.0 Å². The Hall–Kier alpha value is -3.26. The lowest BCUT2D eigenvalue weighted by Gasteiger charge is -2.23. The van der Waals surface area contributed by atoms with E-state index in [2.05, 4.69) is 16.0 Å². The lowest BCUT2D eigenvalue weighted by molar-refractivity contribution is -0.143. The normalized spacial score (nSPS) is 14.3. The van der Waals surface area contributed by atoms with Crippen LogP contribution in [-0.2, 0) is 28.8 Å². The molecule has 0 aliphatic heterocycles. The molecule has 0 aromatic carbocycles. The number of nitrogens with one attached hydrogen (secondary N) is 3. The fourth-order valence-electron chi connectivity index (χ4n) is 2.65. The van der Waals surface area contributed by atoms with Crippen LogP contribution in [0.4, 0.5) is 0 Å². The molecule has 0 rings (SSSR count). The molecule has 33 heavy (non-hydrogen) atoms. The van der Waals surface area contributed by atoms with Crippen molar-refractivity contribution in [3.8, 4) is 0 Å². The molecule has 0 aromatic heterocycles. The molecule has 0 aliphatic rings. The highest BCUT2D eigenvalue weighted by atomic mass is 16.4. The second-order valence-electron chi connectivity index (χ2n) is 7.45. The third-order valence-corrected chi connectivity index (χ3v) is 4.60. The number of carbonyl (C=O) groups is 6. The van der Waals surface area contributed by atoms with Crippen LogP contribution in [0.15, 0.2) is 0 Å². The van der Waals surface area contributed by atoms with Gasteiger partial charge in [0.2, 0.25) is 17.7 Å². The fourth-order valence-corrected chi connectivity index (χ4v) is 2.65. The molecule has 0 heterocycles. The number of carboxylic acid groups (broad SMARTS) is 3. The Morgan fingerprint density at radius 2 is 1.27 bits per heavy atom. The van der Waals surface area contributed by atoms with Gasteiger partial charge in [-0.15, -0.1) is 0 Å². The minimum Gasteiger partial charge on any atom is -0.481 e. The smallest absolute Gasteiger partial charge is 0.326 e. The molecule has 10 N–H and O–H groups in total. The summed E-state index contributed by atoms with van der Waals surface area (Å²) in [5.74, 6) is -6.10. The first-order valence-corrected chi connectivity index (χ1v) is 10.4. The van der Waals surface area contributed by atoms with Gasteiger partial charge in [0.25, 0.3) is 0 Å². The van der Waals surface area contributed by atoms with Crippen molar-refractivity contribution in [2.75, 3.05) is 6.54 Å². The number of hydrogen-bond donors (Lipinski definition) is 8. The second-order valence-corrected chi connectivity index (χ2v) is 7.45. The van der Waals surface area contributed by atoms with Crippen molar-refractivity contribution in [3.63, 3.8) is 0 Å². The van der Waals surface area contributed by atoms with Gasteiger partial charge in [-0.05, 0) is 45.6 Å². The minimum atomic E-state index is -1.46. The number of unbranched alkanes of at least 4 members (excludes halogenated alkanes) is 1. The van der Waals surface area contributed by atoms with Gasteiger partial charge in [-0.25, -0.2) is 4.79 Å². The summed E-state index contributed by atoms with van der Waals surface area (Å²) < 4.78 is 0. The Balaban J connectivity index is 5.07. The third-order valence-electron chi connectivity index (χ3n) is 4.60. The fraction of sp³-hybridized carbons (Fsp3) is 0.684. The maximum atomic E-state index is 12.6. The molecule has 0 fully saturated rings. The number of hydrogen-bond acceptors (Lipinski definition) is 8. The van der Waals surface area contributed by atoms with E-state index in [1.165, 1.54) is 6.92 Å². The van der Waals surface area contributed by atoms with Crippen LogP contribution in [-0.4, -0.2) is 81.7 Å². The molecular formula is C19H33N5O9. The molecule has 0 spiro atoms. The van der Waals surface area contributed by atoms with Gasteiger partial charge in [0.15, 0.2) is 0 Å². The largest absolute Gasteiger partial charge is 0.481 e. The van der Waals surface area contributed by atoms with E-state index < -0.39 is 66.2 Å². The van der Waals surface area contributed by atoms with E-state index in [1.54, 1.807) is 0 Å². The zero-order valence-electron chi connectivity index (χ0n) is 18.4. The first-order valence-electron chi connectivity index (χ1n) is 10.4. The average Bonchev–Trinajstić information content (AvgIpc) is 2.73. The molecule has 3 amide bonds. The maximum absolute atomic E-state index is 12.6. The molecule has 0 aliphatic carbocycles. The number of rotatable bonds is 17. The van der Waals surface area contributed by atoms with E-state index in [0.29, 0.717) is 19.4 Å². The lowest BCUT2D eigenvalue weighted by Crippen LogP contribution is -2.56. The van der Waals surface area contributed by atoms with Crippen LogP contribution in [0.2, 0.25) is 0 Å². The molecule has 188 valence electrons. The van der Waals surface area contributed by atoms with E-state index in [4.69, 9.17) is 26.8 Å². The van der Waals surface area contributed by atoms with Crippen molar-refractivity contribution < 1.29 is 44.1 Å². The van der Waals surface area contributed by atoms with E-state index in [1.807, 2.05) is 0 Å². The third kappa shape index (κ3) is 13.0. The van der Waals surface area contributed by atoms with Gasteiger partial charge in [0.1, 0.15) is 18.1 Å². The first-order chi connectivity index (χ1) is 15.4. The summed E-state index contributed by atoms with van der Waals surface area (Å²) in [5.41, 5.74) is 11.1. The molecule has 0 bridgehead atoms. The van der Waals surface area contributed by atoms with Crippen LogP contribution in [0.3, 0.4) is 0 Å². The van der Waals surface area contributed by atoms with Gasteiger partial charge < -0.3 is 42.7 Å². The monoisotopic (exact) mass is 475 g/mol. The zero-order chi connectivity index (χ0) is 25.6.